The summed E-state index contributed by atoms with van der Waals surface area (Å²) in [5.74, 6) is 2.23. The van der Waals surface area contributed by atoms with Crippen LogP contribution in [0.4, 0.5) is 0 Å². The van der Waals surface area contributed by atoms with Crippen molar-refractivity contribution in [3.63, 3.8) is 0 Å². The third-order valence-electron chi connectivity index (χ3n) is 6.06. The molecule has 0 bridgehead atoms. The van der Waals surface area contributed by atoms with Gasteiger partial charge in [0.2, 0.25) is 0 Å². The van der Waals surface area contributed by atoms with Crippen molar-refractivity contribution in [2.45, 2.75) is 24.9 Å². The number of nitrogens with zero attached hydrogens (tertiary/aromatic N) is 1. The molecule has 0 amide bonds. The summed E-state index contributed by atoms with van der Waals surface area (Å²) in [4.78, 5) is 4.44. The third kappa shape index (κ3) is 2.94. The van der Waals surface area contributed by atoms with E-state index in [1.807, 2.05) is 24.3 Å². The van der Waals surface area contributed by atoms with Gasteiger partial charge in [-0.3, -0.25) is 4.98 Å². The highest BCUT2D eigenvalue weighted by Crippen LogP contribution is 2.57. The number of methoxy groups -OCH3 is 1. The number of hydrogen-bond donors (Lipinski definition) is 2. The van der Waals surface area contributed by atoms with Gasteiger partial charge >= 0.3 is 0 Å². The predicted octanol–water partition coefficient (Wildman–Crippen LogP) is 3.25. The molecule has 1 aliphatic carbocycles. The van der Waals surface area contributed by atoms with Crippen LogP contribution < -0.4 is 10.1 Å². The fraction of sp³-hybridized carbons (Fsp3) is 0.476. The molecule has 2 heterocycles. The van der Waals surface area contributed by atoms with Gasteiger partial charge < -0.3 is 15.2 Å². The zero-order valence-electron chi connectivity index (χ0n) is 14.7. The van der Waals surface area contributed by atoms with E-state index in [-0.39, 0.29) is 0 Å². The van der Waals surface area contributed by atoms with Crippen LogP contribution in [-0.2, 0) is 5.60 Å². The van der Waals surface area contributed by atoms with Gasteiger partial charge in [0.15, 0.2) is 0 Å². The van der Waals surface area contributed by atoms with E-state index in [2.05, 4.69) is 23.0 Å². The van der Waals surface area contributed by atoms with Crippen molar-refractivity contribution in [2.24, 2.45) is 17.8 Å². The molecule has 2 fully saturated rings. The first-order valence-electron chi connectivity index (χ1n) is 9.14. The number of pyridine rings is 1. The van der Waals surface area contributed by atoms with Crippen molar-refractivity contribution < 1.29 is 9.84 Å². The van der Waals surface area contributed by atoms with Gasteiger partial charge in [-0.15, -0.1) is 6.58 Å². The summed E-state index contributed by atoms with van der Waals surface area (Å²) in [6, 6.07) is 7.83. The van der Waals surface area contributed by atoms with Crippen LogP contribution in [-0.4, -0.2) is 30.3 Å². The number of aliphatic hydroxyl groups is 1. The Morgan fingerprint density at radius 1 is 1.44 bits per heavy atom. The summed E-state index contributed by atoms with van der Waals surface area (Å²) in [5.41, 5.74) is 1.16. The second-order valence-electron chi connectivity index (χ2n) is 7.46. The molecule has 3 unspecified atom stereocenters. The molecule has 25 heavy (non-hydrogen) atoms. The Morgan fingerprint density at radius 2 is 2.32 bits per heavy atom. The maximum atomic E-state index is 11.3. The summed E-state index contributed by atoms with van der Waals surface area (Å²) >= 11 is 0. The molecule has 1 aromatic heterocycles. The third-order valence-corrected chi connectivity index (χ3v) is 6.06. The number of benzene rings is 1. The smallest absolute Gasteiger partial charge is 0.119 e. The molecule has 2 N–H and O–H groups in total. The SMILES string of the molecule is C=CC1CNCCC1CC1C[C@]1(O)c1ccnc2ccc(OC)cc12. The van der Waals surface area contributed by atoms with Gasteiger partial charge in [0, 0.05) is 18.1 Å². The number of hydrogen-bond acceptors (Lipinski definition) is 4. The van der Waals surface area contributed by atoms with Crippen LogP contribution in [0.2, 0.25) is 0 Å². The normalized spacial score (nSPS) is 31.7. The highest BCUT2D eigenvalue weighted by Gasteiger charge is 2.55. The predicted molar refractivity (Wildman–Crippen MR) is 99.6 cm³/mol. The molecule has 1 aromatic carbocycles. The van der Waals surface area contributed by atoms with Crippen molar-refractivity contribution in [1.82, 2.24) is 10.3 Å². The number of fused-ring (bicyclic) bond motifs is 1. The van der Waals surface area contributed by atoms with E-state index in [1.165, 1.54) is 0 Å². The average Bonchev–Trinajstić information content (AvgIpc) is 3.31. The lowest BCUT2D eigenvalue weighted by Crippen LogP contribution is -2.36. The van der Waals surface area contributed by atoms with E-state index in [4.69, 9.17) is 4.74 Å². The first-order chi connectivity index (χ1) is 12.2. The highest BCUT2D eigenvalue weighted by molar-refractivity contribution is 5.84. The minimum Gasteiger partial charge on any atom is -0.497 e. The van der Waals surface area contributed by atoms with Gasteiger partial charge in [-0.1, -0.05) is 6.08 Å². The van der Waals surface area contributed by atoms with Gasteiger partial charge in [-0.05, 0) is 73.4 Å². The van der Waals surface area contributed by atoms with Crippen molar-refractivity contribution >= 4 is 10.9 Å². The highest BCUT2D eigenvalue weighted by atomic mass is 16.5. The van der Waals surface area contributed by atoms with Crippen molar-refractivity contribution in [1.29, 1.82) is 0 Å². The zero-order valence-corrected chi connectivity index (χ0v) is 14.7. The van der Waals surface area contributed by atoms with Gasteiger partial charge in [0.25, 0.3) is 0 Å². The number of nitrogens with one attached hydrogen (secondary N) is 1. The maximum Gasteiger partial charge on any atom is 0.119 e. The summed E-state index contributed by atoms with van der Waals surface area (Å²) in [6.45, 7) is 6.07. The van der Waals surface area contributed by atoms with Crippen LogP contribution in [0.1, 0.15) is 24.8 Å². The maximum absolute atomic E-state index is 11.3. The number of piperidine rings is 1. The monoisotopic (exact) mass is 338 g/mol. The summed E-state index contributed by atoms with van der Waals surface area (Å²) in [6.07, 6.45) is 6.92. The lowest BCUT2D eigenvalue weighted by molar-refractivity contribution is 0.120. The Morgan fingerprint density at radius 3 is 3.12 bits per heavy atom. The average molecular weight is 338 g/mol. The molecule has 1 saturated carbocycles. The van der Waals surface area contributed by atoms with Crippen LogP contribution in [0.15, 0.2) is 43.1 Å². The Bertz CT molecular complexity index is 791. The van der Waals surface area contributed by atoms with Crippen LogP contribution >= 0.6 is 0 Å². The fourth-order valence-electron chi connectivity index (χ4n) is 4.43. The molecular formula is C21H26N2O2. The zero-order chi connectivity index (χ0) is 17.4. The Hall–Kier alpha value is -1.91. The molecule has 2 aliphatic rings. The molecule has 0 spiro atoms. The van der Waals surface area contributed by atoms with E-state index in [0.717, 1.165) is 54.6 Å². The standard InChI is InChI=1S/C21H26N2O2/c1-3-14-13-22-8-6-15(14)10-16-12-21(16,24)19-7-9-23-20-5-4-17(25-2)11-18(19)20/h3-5,7,9,11,14-16,22,24H,1,6,8,10,12-13H2,2H3/t14?,15?,16?,21-/m1/s1. The van der Waals surface area contributed by atoms with Crippen LogP contribution in [0.5, 0.6) is 5.75 Å². The molecule has 1 saturated heterocycles. The van der Waals surface area contributed by atoms with E-state index in [1.54, 1.807) is 13.3 Å². The topological polar surface area (TPSA) is 54.4 Å². The summed E-state index contributed by atoms with van der Waals surface area (Å²) < 4.78 is 5.36. The largest absolute Gasteiger partial charge is 0.497 e. The molecule has 132 valence electrons. The molecule has 4 rings (SSSR count). The van der Waals surface area contributed by atoms with E-state index >= 15 is 0 Å². The van der Waals surface area contributed by atoms with Crippen LogP contribution in [0, 0.1) is 17.8 Å². The molecule has 0 radical (unpaired) electrons. The van der Waals surface area contributed by atoms with E-state index < -0.39 is 5.60 Å². The van der Waals surface area contributed by atoms with Crippen molar-refractivity contribution in [3.8, 4) is 5.75 Å². The first kappa shape index (κ1) is 16.6. The molecular weight excluding hydrogens is 312 g/mol. The van der Waals surface area contributed by atoms with Gasteiger partial charge in [0.1, 0.15) is 5.75 Å². The summed E-state index contributed by atoms with van der Waals surface area (Å²) in [7, 11) is 1.67. The van der Waals surface area contributed by atoms with Gasteiger partial charge in [0.05, 0.1) is 18.2 Å². The lowest BCUT2D eigenvalue weighted by Gasteiger charge is -2.30. The van der Waals surface area contributed by atoms with E-state index in [9.17, 15) is 5.11 Å². The van der Waals surface area contributed by atoms with Gasteiger partial charge in [-0.25, -0.2) is 0 Å². The fourth-order valence-corrected chi connectivity index (χ4v) is 4.43. The second-order valence-corrected chi connectivity index (χ2v) is 7.46. The lowest BCUT2D eigenvalue weighted by atomic mass is 9.82. The number of ether oxygens (including phenoxy) is 1. The summed E-state index contributed by atoms with van der Waals surface area (Å²) in [5, 5.41) is 15.7. The molecule has 1 aliphatic heterocycles. The van der Waals surface area contributed by atoms with Crippen LogP contribution in [0.3, 0.4) is 0 Å². The Balaban J connectivity index is 1.60. The minimum absolute atomic E-state index is 0.315. The second kappa shape index (κ2) is 6.43. The van der Waals surface area contributed by atoms with Crippen LogP contribution in [0.25, 0.3) is 10.9 Å². The number of rotatable bonds is 5. The Labute approximate surface area is 148 Å². The van der Waals surface area contributed by atoms with Crippen molar-refractivity contribution in [2.75, 3.05) is 20.2 Å². The van der Waals surface area contributed by atoms with Crippen molar-refractivity contribution in [3.05, 3.63) is 48.7 Å². The number of aromatic nitrogens is 1. The van der Waals surface area contributed by atoms with E-state index in [0.29, 0.717) is 17.8 Å². The molecule has 4 heteroatoms. The first-order valence-corrected chi connectivity index (χ1v) is 9.14. The quantitative estimate of drug-likeness (QED) is 0.822. The Kier molecular flexibility index (Phi) is 4.26. The molecule has 2 aromatic rings. The molecule has 4 nitrogen and oxygen atoms in total. The van der Waals surface area contributed by atoms with Gasteiger partial charge in [-0.2, -0.15) is 0 Å². The molecule has 4 atom stereocenters. The minimum atomic E-state index is -0.732.